The van der Waals surface area contributed by atoms with Crippen LogP contribution in [-0.2, 0) is 0 Å². The van der Waals surface area contributed by atoms with Crippen molar-refractivity contribution < 1.29 is 13.9 Å². The average Bonchev–Trinajstić information content (AvgIpc) is 3.48. The zero-order valence-corrected chi connectivity index (χ0v) is 24.1. The molecule has 0 aliphatic carbocycles. The maximum absolute atomic E-state index is 6.76. The third-order valence-electron chi connectivity index (χ3n) is 9.17. The van der Waals surface area contributed by atoms with Crippen LogP contribution in [0.1, 0.15) is 0 Å². The molecule has 10 rings (SSSR count). The predicted molar refractivity (Wildman–Crippen MR) is 184 cm³/mol. The Morgan fingerprint density at radius 3 is 1.96 bits per heavy atom. The standard InChI is InChI=1S/C40H24BNO3/c1-3-11-26(12-4-1)42(27-13-5-2-6-14-27)28-19-20-30-31-21-22-32-40(39(31)45-36(30)24-28)44-34-17-9-16-33-38(34)41(32)37-29-15-8-7-10-25(29)18-23-35(37)43-33/h1-24H. The summed E-state index contributed by atoms with van der Waals surface area (Å²) < 4.78 is 20.0. The van der Waals surface area contributed by atoms with Crippen LogP contribution in [0.4, 0.5) is 17.1 Å². The Morgan fingerprint density at radius 2 is 1.16 bits per heavy atom. The van der Waals surface area contributed by atoms with Gasteiger partial charge in [0.1, 0.15) is 22.8 Å². The molecule has 0 atom stereocenters. The molecule has 0 bridgehead atoms. The molecular formula is C40H24BNO3. The van der Waals surface area contributed by atoms with Crippen LogP contribution in [0.3, 0.4) is 0 Å². The van der Waals surface area contributed by atoms with Gasteiger partial charge in [0.2, 0.25) is 0 Å². The van der Waals surface area contributed by atoms with E-state index in [4.69, 9.17) is 13.9 Å². The first kappa shape index (κ1) is 24.5. The topological polar surface area (TPSA) is 34.8 Å². The summed E-state index contributed by atoms with van der Waals surface area (Å²) >= 11 is 0. The molecule has 2 aliphatic heterocycles. The van der Waals surface area contributed by atoms with E-state index in [9.17, 15) is 0 Å². The summed E-state index contributed by atoms with van der Waals surface area (Å²) in [6.07, 6.45) is 0. The lowest BCUT2D eigenvalue weighted by molar-refractivity contribution is 0.462. The largest absolute Gasteiger partial charge is 0.458 e. The fourth-order valence-corrected chi connectivity index (χ4v) is 7.22. The van der Waals surface area contributed by atoms with E-state index in [0.717, 1.165) is 78.4 Å². The highest BCUT2D eigenvalue weighted by Gasteiger charge is 2.42. The summed E-state index contributed by atoms with van der Waals surface area (Å²) in [5, 5.41) is 4.46. The Hall–Kier alpha value is -5.94. The van der Waals surface area contributed by atoms with Gasteiger partial charge in [-0.1, -0.05) is 84.9 Å². The number of furan rings is 1. The Kier molecular flexibility index (Phi) is 5.05. The van der Waals surface area contributed by atoms with E-state index in [2.05, 4.69) is 120 Å². The van der Waals surface area contributed by atoms with Crippen LogP contribution in [0, 0.1) is 0 Å². The lowest BCUT2D eigenvalue weighted by atomic mass is 9.34. The average molecular weight is 577 g/mol. The third-order valence-corrected chi connectivity index (χ3v) is 9.17. The van der Waals surface area contributed by atoms with Crippen LogP contribution in [0.15, 0.2) is 150 Å². The number of ether oxygens (including phenoxy) is 2. The van der Waals surface area contributed by atoms with Crippen molar-refractivity contribution in [3.63, 3.8) is 0 Å². The highest BCUT2D eigenvalue weighted by molar-refractivity contribution is 6.99. The first-order valence-corrected chi connectivity index (χ1v) is 15.2. The first-order valence-electron chi connectivity index (χ1n) is 15.2. The molecule has 0 radical (unpaired) electrons. The van der Waals surface area contributed by atoms with Crippen molar-refractivity contribution >= 4 is 72.9 Å². The molecule has 8 aromatic rings. The number of fused-ring (bicyclic) bond motifs is 10. The van der Waals surface area contributed by atoms with Crippen LogP contribution in [0.2, 0.25) is 0 Å². The molecule has 45 heavy (non-hydrogen) atoms. The van der Waals surface area contributed by atoms with Crippen molar-refractivity contribution in [2.45, 2.75) is 0 Å². The number of benzene rings is 7. The van der Waals surface area contributed by atoms with Gasteiger partial charge in [0, 0.05) is 39.4 Å². The predicted octanol–water partition coefficient (Wildman–Crippen LogP) is 8.94. The second-order valence-electron chi connectivity index (χ2n) is 11.7. The zero-order valence-electron chi connectivity index (χ0n) is 24.1. The van der Waals surface area contributed by atoms with Crippen molar-refractivity contribution in [1.29, 1.82) is 0 Å². The second kappa shape index (κ2) is 9.28. The number of rotatable bonds is 3. The van der Waals surface area contributed by atoms with Gasteiger partial charge in [-0.2, -0.15) is 0 Å². The van der Waals surface area contributed by atoms with Crippen molar-refractivity contribution in [1.82, 2.24) is 0 Å². The van der Waals surface area contributed by atoms with Crippen molar-refractivity contribution in [3.8, 4) is 23.0 Å². The van der Waals surface area contributed by atoms with Crippen LogP contribution in [-0.4, -0.2) is 6.71 Å². The molecule has 0 spiro atoms. The van der Waals surface area contributed by atoms with Crippen molar-refractivity contribution in [2.75, 3.05) is 4.90 Å². The molecule has 0 amide bonds. The minimum Gasteiger partial charge on any atom is -0.458 e. The van der Waals surface area contributed by atoms with E-state index in [1.54, 1.807) is 0 Å². The quantitative estimate of drug-likeness (QED) is 0.197. The summed E-state index contributed by atoms with van der Waals surface area (Å²) in [6.45, 7) is -0.0466. The number of para-hydroxylation sites is 2. The number of anilines is 3. The summed E-state index contributed by atoms with van der Waals surface area (Å²) in [4.78, 5) is 2.25. The fraction of sp³-hybridized carbons (Fsp3) is 0. The summed E-state index contributed by atoms with van der Waals surface area (Å²) in [5.74, 6) is 3.29. The van der Waals surface area contributed by atoms with Gasteiger partial charge in [-0.05, 0) is 76.3 Å². The third kappa shape index (κ3) is 3.55. The Bertz CT molecular complexity index is 2410. The van der Waals surface area contributed by atoms with E-state index >= 15 is 0 Å². The highest BCUT2D eigenvalue weighted by Crippen LogP contribution is 2.43. The second-order valence-corrected chi connectivity index (χ2v) is 11.7. The van der Waals surface area contributed by atoms with Gasteiger partial charge in [0.05, 0.1) is 0 Å². The van der Waals surface area contributed by atoms with E-state index in [0.29, 0.717) is 0 Å². The van der Waals surface area contributed by atoms with E-state index in [1.165, 1.54) is 10.8 Å². The Morgan fingerprint density at radius 1 is 0.467 bits per heavy atom. The van der Waals surface area contributed by atoms with Crippen LogP contribution >= 0.6 is 0 Å². The molecule has 5 heteroatoms. The van der Waals surface area contributed by atoms with Gasteiger partial charge in [-0.15, -0.1) is 0 Å². The van der Waals surface area contributed by atoms with Crippen LogP contribution < -0.4 is 30.8 Å². The van der Waals surface area contributed by atoms with Crippen LogP contribution in [0.5, 0.6) is 23.0 Å². The smallest absolute Gasteiger partial charge is 0.261 e. The zero-order chi connectivity index (χ0) is 29.5. The van der Waals surface area contributed by atoms with Gasteiger partial charge in [0.25, 0.3) is 6.71 Å². The van der Waals surface area contributed by atoms with E-state index < -0.39 is 0 Å². The normalized spacial score (nSPS) is 12.8. The Balaban J connectivity index is 1.19. The molecule has 0 N–H and O–H groups in total. The SMILES string of the molecule is c1ccc(N(c2ccccc2)c2ccc3c(c2)oc2c4c(ccc23)B2c3c(cccc3O4)Oc3ccc4ccccc4c32)cc1. The molecule has 0 fully saturated rings. The molecule has 4 nitrogen and oxygen atoms in total. The fourth-order valence-electron chi connectivity index (χ4n) is 7.22. The van der Waals surface area contributed by atoms with E-state index in [1.807, 2.05) is 30.3 Å². The molecule has 210 valence electrons. The maximum Gasteiger partial charge on any atom is 0.261 e. The summed E-state index contributed by atoms with van der Waals surface area (Å²) in [5.41, 5.74) is 8.06. The molecule has 2 aliphatic rings. The molecule has 1 aromatic heterocycles. The molecule has 0 saturated heterocycles. The van der Waals surface area contributed by atoms with Gasteiger partial charge < -0.3 is 18.8 Å². The molecule has 7 aromatic carbocycles. The van der Waals surface area contributed by atoms with Crippen molar-refractivity contribution in [2.24, 2.45) is 0 Å². The van der Waals surface area contributed by atoms with Gasteiger partial charge in [0.15, 0.2) is 11.3 Å². The first-order chi connectivity index (χ1) is 22.3. The summed E-state index contributed by atoms with van der Waals surface area (Å²) in [7, 11) is 0. The lowest BCUT2D eigenvalue weighted by Crippen LogP contribution is -2.57. The highest BCUT2D eigenvalue weighted by atomic mass is 16.5. The van der Waals surface area contributed by atoms with Gasteiger partial charge in [-0.25, -0.2) is 0 Å². The molecular weight excluding hydrogens is 553 g/mol. The minimum atomic E-state index is -0.0466. The number of nitrogens with zero attached hydrogens (tertiary/aromatic N) is 1. The molecule has 0 saturated carbocycles. The maximum atomic E-state index is 6.76. The molecule has 3 heterocycles. The lowest BCUT2D eigenvalue weighted by Gasteiger charge is -2.33. The summed E-state index contributed by atoms with van der Waals surface area (Å²) in [6, 6.07) is 50.5. The van der Waals surface area contributed by atoms with Crippen molar-refractivity contribution in [3.05, 3.63) is 146 Å². The van der Waals surface area contributed by atoms with Gasteiger partial charge in [-0.3, -0.25) is 0 Å². The molecule has 0 unspecified atom stereocenters. The number of hydrogen-bond acceptors (Lipinski definition) is 4. The van der Waals surface area contributed by atoms with Crippen LogP contribution in [0.25, 0.3) is 32.7 Å². The van der Waals surface area contributed by atoms with E-state index in [-0.39, 0.29) is 6.71 Å². The monoisotopic (exact) mass is 577 g/mol. The minimum absolute atomic E-state index is 0.0466. The van der Waals surface area contributed by atoms with Gasteiger partial charge >= 0.3 is 0 Å². The number of hydrogen-bond donors (Lipinski definition) is 0. The Labute approximate surface area is 259 Å².